The Labute approximate surface area is 108 Å². The number of rotatable bonds is 4. The Morgan fingerprint density at radius 2 is 2.00 bits per heavy atom. The van der Waals surface area contributed by atoms with E-state index >= 15 is 0 Å². The standard InChI is InChI=1S/C13H21N5/c1-9-13(10(2)18(5)15-9)12(14-3)8-11-6-7-17(4)16-11/h6-7,12,14H,8H2,1-5H3. The van der Waals surface area contributed by atoms with Crippen molar-refractivity contribution in [2.45, 2.75) is 26.3 Å². The van der Waals surface area contributed by atoms with Gasteiger partial charge in [-0.3, -0.25) is 9.36 Å². The van der Waals surface area contributed by atoms with Gasteiger partial charge in [-0.05, 0) is 27.0 Å². The van der Waals surface area contributed by atoms with E-state index in [2.05, 4.69) is 35.4 Å². The van der Waals surface area contributed by atoms with Crippen LogP contribution in [0, 0.1) is 13.8 Å². The van der Waals surface area contributed by atoms with Crippen molar-refractivity contribution < 1.29 is 0 Å². The van der Waals surface area contributed by atoms with Crippen LogP contribution in [0.15, 0.2) is 12.3 Å². The molecule has 1 N–H and O–H groups in total. The highest BCUT2D eigenvalue weighted by atomic mass is 15.3. The van der Waals surface area contributed by atoms with E-state index in [-0.39, 0.29) is 6.04 Å². The summed E-state index contributed by atoms with van der Waals surface area (Å²) in [7, 11) is 5.91. The van der Waals surface area contributed by atoms with E-state index in [0.29, 0.717) is 0 Å². The van der Waals surface area contributed by atoms with E-state index < -0.39 is 0 Å². The van der Waals surface area contributed by atoms with Crippen LogP contribution in [0.5, 0.6) is 0 Å². The summed E-state index contributed by atoms with van der Waals surface area (Å²) in [6.45, 7) is 4.17. The molecule has 98 valence electrons. The van der Waals surface area contributed by atoms with E-state index in [0.717, 1.165) is 17.8 Å². The first-order valence-corrected chi connectivity index (χ1v) is 6.18. The molecule has 0 saturated heterocycles. The second-order valence-corrected chi connectivity index (χ2v) is 4.73. The number of aryl methyl sites for hydroxylation is 3. The van der Waals surface area contributed by atoms with Crippen molar-refractivity contribution in [1.29, 1.82) is 0 Å². The third-order valence-electron chi connectivity index (χ3n) is 3.44. The smallest absolute Gasteiger partial charge is 0.0644 e. The predicted octanol–water partition coefficient (Wildman–Crippen LogP) is 1.27. The summed E-state index contributed by atoms with van der Waals surface area (Å²) in [5, 5.41) is 12.3. The summed E-state index contributed by atoms with van der Waals surface area (Å²) in [5.74, 6) is 0. The monoisotopic (exact) mass is 247 g/mol. The van der Waals surface area contributed by atoms with Crippen LogP contribution in [0.2, 0.25) is 0 Å². The lowest BCUT2D eigenvalue weighted by Crippen LogP contribution is -2.20. The van der Waals surface area contributed by atoms with Gasteiger partial charge in [-0.15, -0.1) is 0 Å². The molecule has 0 radical (unpaired) electrons. The van der Waals surface area contributed by atoms with E-state index in [4.69, 9.17) is 0 Å². The molecule has 0 bridgehead atoms. The number of likely N-dealkylation sites (N-methyl/N-ethyl adjacent to an activating group) is 1. The molecule has 1 atom stereocenters. The molecular formula is C13H21N5. The van der Waals surface area contributed by atoms with Crippen molar-refractivity contribution in [2.24, 2.45) is 14.1 Å². The molecule has 1 unspecified atom stereocenters. The SMILES string of the molecule is CNC(Cc1ccn(C)n1)c1c(C)nn(C)c1C. The molecule has 0 aliphatic rings. The minimum atomic E-state index is 0.258. The molecule has 5 heteroatoms. The van der Waals surface area contributed by atoms with Crippen molar-refractivity contribution in [3.63, 3.8) is 0 Å². The van der Waals surface area contributed by atoms with Crippen LogP contribution < -0.4 is 5.32 Å². The van der Waals surface area contributed by atoms with E-state index in [1.165, 1.54) is 11.3 Å². The molecule has 0 saturated carbocycles. The Kier molecular flexibility index (Phi) is 3.52. The maximum Gasteiger partial charge on any atom is 0.0644 e. The number of hydrogen-bond donors (Lipinski definition) is 1. The number of nitrogens with zero attached hydrogens (tertiary/aromatic N) is 4. The molecule has 2 rings (SSSR count). The lowest BCUT2D eigenvalue weighted by Gasteiger charge is -2.16. The Balaban J connectivity index is 2.28. The van der Waals surface area contributed by atoms with Crippen LogP contribution in [0.3, 0.4) is 0 Å². The molecular weight excluding hydrogens is 226 g/mol. The van der Waals surface area contributed by atoms with Gasteiger partial charge in [0.1, 0.15) is 0 Å². The Morgan fingerprint density at radius 1 is 1.28 bits per heavy atom. The van der Waals surface area contributed by atoms with Crippen LogP contribution in [0.4, 0.5) is 0 Å². The minimum Gasteiger partial charge on any atom is -0.313 e. The summed E-state index contributed by atoms with van der Waals surface area (Å²) < 4.78 is 3.78. The van der Waals surface area contributed by atoms with Crippen LogP contribution in [-0.2, 0) is 20.5 Å². The van der Waals surface area contributed by atoms with Gasteiger partial charge in [0.15, 0.2) is 0 Å². The average molecular weight is 247 g/mol. The van der Waals surface area contributed by atoms with Crippen molar-refractivity contribution >= 4 is 0 Å². The first-order valence-electron chi connectivity index (χ1n) is 6.18. The summed E-state index contributed by atoms with van der Waals surface area (Å²) in [4.78, 5) is 0. The maximum atomic E-state index is 4.48. The van der Waals surface area contributed by atoms with E-state index in [1.807, 2.05) is 36.7 Å². The van der Waals surface area contributed by atoms with Crippen molar-refractivity contribution in [2.75, 3.05) is 7.05 Å². The van der Waals surface area contributed by atoms with Gasteiger partial charge in [-0.1, -0.05) is 0 Å². The van der Waals surface area contributed by atoms with E-state index in [1.54, 1.807) is 0 Å². The Bertz CT molecular complexity index is 538. The fraction of sp³-hybridized carbons (Fsp3) is 0.538. The first kappa shape index (κ1) is 12.8. The van der Waals surface area contributed by atoms with Crippen LogP contribution >= 0.6 is 0 Å². The minimum absolute atomic E-state index is 0.258. The molecule has 2 heterocycles. The maximum absolute atomic E-state index is 4.48. The molecule has 18 heavy (non-hydrogen) atoms. The van der Waals surface area contributed by atoms with Crippen LogP contribution in [0.1, 0.15) is 28.7 Å². The molecule has 0 aliphatic carbocycles. The zero-order chi connectivity index (χ0) is 13.3. The number of nitrogens with one attached hydrogen (secondary N) is 1. The van der Waals surface area contributed by atoms with Gasteiger partial charge >= 0.3 is 0 Å². The van der Waals surface area contributed by atoms with Gasteiger partial charge in [0.2, 0.25) is 0 Å². The quantitative estimate of drug-likeness (QED) is 0.885. The fourth-order valence-corrected chi connectivity index (χ4v) is 2.42. The highest BCUT2D eigenvalue weighted by Crippen LogP contribution is 2.23. The van der Waals surface area contributed by atoms with Crippen molar-refractivity contribution in [3.05, 3.63) is 34.9 Å². The van der Waals surface area contributed by atoms with Gasteiger partial charge in [0.25, 0.3) is 0 Å². The molecule has 5 nitrogen and oxygen atoms in total. The molecule has 2 aromatic rings. The molecule has 0 aromatic carbocycles. The molecule has 0 aliphatic heterocycles. The lowest BCUT2D eigenvalue weighted by molar-refractivity contribution is 0.570. The normalized spacial score (nSPS) is 12.9. The van der Waals surface area contributed by atoms with Crippen molar-refractivity contribution in [3.8, 4) is 0 Å². The Morgan fingerprint density at radius 3 is 2.44 bits per heavy atom. The summed E-state index contributed by atoms with van der Waals surface area (Å²) in [6.07, 6.45) is 2.86. The van der Waals surface area contributed by atoms with Crippen LogP contribution in [0.25, 0.3) is 0 Å². The highest BCUT2D eigenvalue weighted by molar-refractivity contribution is 5.29. The fourth-order valence-electron chi connectivity index (χ4n) is 2.42. The highest BCUT2D eigenvalue weighted by Gasteiger charge is 2.19. The third kappa shape index (κ3) is 2.31. The van der Waals surface area contributed by atoms with Crippen LogP contribution in [-0.4, -0.2) is 26.6 Å². The second-order valence-electron chi connectivity index (χ2n) is 4.73. The molecule has 0 spiro atoms. The van der Waals surface area contributed by atoms with Crippen molar-refractivity contribution in [1.82, 2.24) is 24.9 Å². The summed E-state index contributed by atoms with van der Waals surface area (Å²) in [6, 6.07) is 2.32. The number of hydrogen-bond acceptors (Lipinski definition) is 3. The average Bonchev–Trinajstić information content (AvgIpc) is 2.82. The van der Waals surface area contributed by atoms with Gasteiger partial charge < -0.3 is 5.32 Å². The zero-order valence-corrected chi connectivity index (χ0v) is 11.7. The Hall–Kier alpha value is -1.62. The summed E-state index contributed by atoms with van der Waals surface area (Å²) >= 11 is 0. The second kappa shape index (κ2) is 4.94. The summed E-state index contributed by atoms with van der Waals surface area (Å²) in [5.41, 5.74) is 4.68. The lowest BCUT2D eigenvalue weighted by atomic mass is 10.0. The first-order chi connectivity index (χ1) is 8.52. The van der Waals surface area contributed by atoms with Gasteiger partial charge in [0, 0.05) is 44.0 Å². The topological polar surface area (TPSA) is 47.7 Å². The largest absolute Gasteiger partial charge is 0.313 e. The predicted molar refractivity (Wildman–Crippen MR) is 71.4 cm³/mol. The molecule has 0 fully saturated rings. The molecule has 2 aromatic heterocycles. The third-order valence-corrected chi connectivity index (χ3v) is 3.44. The van der Waals surface area contributed by atoms with Gasteiger partial charge in [0.05, 0.1) is 11.4 Å². The molecule has 0 amide bonds. The van der Waals surface area contributed by atoms with E-state index in [9.17, 15) is 0 Å². The van der Waals surface area contributed by atoms with Gasteiger partial charge in [-0.25, -0.2) is 0 Å². The zero-order valence-electron chi connectivity index (χ0n) is 11.7. The number of aromatic nitrogens is 4. The van der Waals surface area contributed by atoms with Gasteiger partial charge in [-0.2, -0.15) is 10.2 Å².